The van der Waals surface area contributed by atoms with E-state index in [1.807, 2.05) is 19.1 Å². The van der Waals surface area contributed by atoms with Crippen molar-refractivity contribution in [2.45, 2.75) is 13.5 Å². The van der Waals surface area contributed by atoms with Crippen LogP contribution >= 0.6 is 0 Å². The van der Waals surface area contributed by atoms with E-state index in [-0.39, 0.29) is 0 Å². The molecule has 0 amide bonds. The number of hydrogen-bond acceptors (Lipinski definition) is 3. The molecular weight excluding hydrogens is 228 g/mol. The second-order valence-corrected chi connectivity index (χ2v) is 5.05. The Balaban J connectivity index is 2.11. The number of hydrogen-bond donors (Lipinski definition) is 1. The monoisotopic (exact) mass is 248 g/mol. The minimum Gasteiger partial charge on any atom is -0.478 e. The van der Waals surface area contributed by atoms with Crippen molar-refractivity contribution in [3.8, 4) is 0 Å². The molecule has 4 heteroatoms. The van der Waals surface area contributed by atoms with Crippen LogP contribution in [0.25, 0.3) is 0 Å². The zero-order valence-electron chi connectivity index (χ0n) is 11.0. The molecule has 0 bridgehead atoms. The smallest absolute Gasteiger partial charge is 0.336 e. The molecule has 2 rings (SSSR count). The molecule has 1 saturated heterocycles. The highest BCUT2D eigenvalue weighted by Gasteiger charge is 2.17. The summed E-state index contributed by atoms with van der Waals surface area (Å²) in [6, 6.07) is 5.68. The fraction of sp³-hybridized carbons (Fsp3) is 0.500. The molecule has 4 nitrogen and oxygen atoms in total. The van der Waals surface area contributed by atoms with Gasteiger partial charge < -0.3 is 10.0 Å². The Morgan fingerprint density at radius 1 is 1.28 bits per heavy atom. The second-order valence-electron chi connectivity index (χ2n) is 5.05. The van der Waals surface area contributed by atoms with Crippen molar-refractivity contribution in [1.82, 2.24) is 9.80 Å². The molecule has 98 valence electrons. The van der Waals surface area contributed by atoms with E-state index in [0.717, 1.165) is 43.9 Å². The molecule has 1 aromatic rings. The molecule has 0 atom stereocenters. The lowest BCUT2D eigenvalue weighted by Gasteiger charge is -2.32. The van der Waals surface area contributed by atoms with Crippen LogP contribution in [-0.2, 0) is 6.54 Å². The minimum atomic E-state index is -0.831. The lowest BCUT2D eigenvalue weighted by atomic mass is 10.0. The Kier molecular flexibility index (Phi) is 3.99. The molecule has 0 unspecified atom stereocenters. The van der Waals surface area contributed by atoms with Crippen LogP contribution in [0.4, 0.5) is 0 Å². The summed E-state index contributed by atoms with van der Waals surface area (Å²) in [5.41, 5.74) is 2.35. The third kappa shape index (κ3) is 3.09. The number of carboxylic acid groups (broad SMARTS) is 1. The lowest BCUT2D eigenvalue weighted by molar-refractivity contribution is 0.0693. The van der Waals surface area contributed by atoms with E-state index < -0.39 is 5.97 Å². The third-order valence-corrected chi connectivity index (χ3v) is 3.49. The Morgan fingerprint density at radius 2 is 1.94 bits per heavy atom. The standard InChI is InChI=1S/C14H20N2O2/c1-11-3-4-12(13(9-11)14(17)18)10-16-7-5-15(2)6-8-16/h3-4,9H,5-8,10H2,1-2H3,(H,17,18). The second kappa shape index (κ2) is 5.50. The minimum absolute atomic E-state index is 0.439. The Hall–Kier alpha value is -1.39. The highest BCUT2D eigenvalue weighted by atomic mass is 16.4. The van der Waals surface area contributed by atoms with E-state index >= 15 is 0 Å². The van der Waals surface area contributed by atoms with Crippen molar-refractivity contribution < 1.29 is 9.90 Å². The molecule has 0 saturated carbocycles. The molecule has 1 heterocycles. The molecule has 1 aliphatic rings. The fourth-order valence-electron chi connectivity index (χ4n) is 2.27. The van der Waals surface area contributed by atoms with Gasteiger partial charge in [-0.2, -0.15) is 0 Å². The number of piperazine rings is 1. The van der Waals surface area contributed by atoms with Crippen LogP contribution in [0, 0.1) is 6.92 Å². The molecule has 0 spiro atoms. The molecule has 1 fully saturated rings. The number of nitrogens with zero attached hydrogens (tertiary/aromatic N) is 2. The first-order valence-corrected chi connectivity index (χ1v) is 6.30. The number of rotatable bonds is 3. The van der Waals surface area contributed by atoms with Crippen molar-refractivity contribution in [2.75, 3.05) is 33.2 Å². The van der Waals surface area contributed by atoms with Crippen LogP contribution in [0.15, 0.2) is 18.2 Å². The van der Waals surface area contributed by atoms with Gasteiger partial charge in [-0.1, -0.05) is 17.7 Å². The van der Waals surface area contributed by atoms with E-state index in [1.165, 1.54) is 0 Å². The summed E-state index contributed by atoms with van der Waals surface area (Å²) in [6.45, 7) is 6.76. The topological polar surface area (TPSA) is 43.8 Å². The van der Waals surface area contributed by atoms with E-state index in [1.54, 1.807) is 6.07 Å². The molecule has 1 aliphatic heterocycles. The van der Waals surface area contributed by atoms with Gasteiger partial charge in [-0.25, -0.2) is 4.79 Å². The molecular formula is C14H20N2O2. The highest BCUT2D eigenvalue weighted by Crippen LogP contribution is 2.15. The molecule has 1 N–H and O–H groups in total. The summed E-state index contributed by atoms with van der Waals surface area (Å²) in [6.07, 6.45) is 0. The molecule has 18 heavy (non-hydrogen) atoms. The van der Waals surface area contributed by atoms with Crippen LogP contribution in [-0.4, -0.2) is 54.1 Å². The van der Waals surface area contributed by atoms with E-state index in [2.05, 4.69) is 16.8 Å². The van der Waals surface area contributed by atoms with Gasteiger partial charge in [0.25, 0.3) is 0 Å². The van der Waals surface area contributed by atoms with E-state index in [4.69, 9.17) is 0 Å². The number of carboxylic acids is 1. The average Bonchev–Trinajstić information content (AvgIpc) is 2.34. The van der Waals surface area contributed by atoms with Gasteiger partial charge in [0.2, 0.25) is 0 Å². The Morgan fingerprint density at radius 3 is 2.56 bits per heavy atom. The van der Waals surface area contributed by atoms with Crippen molar-refractivity contribution in [2.24, 2.45) is 0 Å². The maximum absolute atomic E-state index is 11.2. The lowest BCUT2D eigenvalue weighted by Crippen LogP contribution is -2.44. The zero-order chi connectivity index (χ0) is 13.1. The van der Waals surface area contributed by atoms with Gasteiger partial charge in [0.15, 0.2) is 0 Å². The van der Waals surface area contributed by atoms with Gasteiger partial charge in [0.05, 0.1) is 5.56 Å². The maximum Gasteiger partial charge on any atom is 0.336 e. The predicted octanol–water partition coefficient (Wildman–Crippen LogP) is 1.44. The molecule has 1 aromatic carbocycles. The summed E-state index contributed by atoms with van der Waals surface area (Å²) in [4.78, 5) is 15.9. The first-order valence-electron chi connectivity index (χ1n) is 6.30. The number of carbonyl (C=O) groups is 1. The van der Waals surface area contributed by atoms with Gasteiger partial charge in [0, 0.05) is 32.7 Å². The van der Waals surface area contributed by atoms with Gasteiger partial charge in [-0.05, 0) is 25.6 Å². The maximum atomic E-state index is 11.2. The largest absolute Gasteiger partial charge is 0.478 e. The Bertz CT molecular complexity index is 437. The average molecular weight is 248 g/mol. The normalized spacial score (nSPS) is 17.9. The number of likely N-dealkylation sites (N-methyl/N-ethyl adjacent to an activating group) is 1. The van der Waals surface area contributed by atoms with E-state index in [0.29, 0.717) is 5.56 Å². The summed E-state index contributed by atoms with van der Waals surface area (Å²) < 4.78 is 0. The van der Waals surface area contributed by atoms with Crippen LogP contribution in [0.1, 0.15) is 21.5 Å². The third-order valence-electron chi connectivity index (χ3n) is 3.49. The van der Waals surface area contributed by atoms with E-state index in [9.17, 15) is 9.90 Å². The summed E-state index contributed by atoms with van der Waals surface area (Å²) in [7, 11) is 2.12. The Labute approximate surface area is 108 Å². The summed E-state index contributed by atoms with van der Waals surface area (Å²) in [5, 5.41) is 9.23. The predicted molar refractivity (Wildman–Crippen MR) is 70.9 cm³/mol. The SMILES string of the molecule is Cc1ccc(CN2CCN(C)CC2)c(C(=O)O)c1. The number of benzene rings is 1. The quantitative estimate of drug-likeness (QED) is 0.879. The van der Waals surface area contributed by atoms with Gasteiger partial charge >= 0.3 is 5.97 Å². The van der Waals surface area contributed by atoms with Gasteiger partial charge in [-0.3, -0.25) is 4.90 Å². The highest BCUT2D eigenvalue weighted by molar-refractivity contribution is 5.89. The van der Waals surface area contributed by atoms with Crippen molar-refractivity contribution >= 4 is 5.97 Å². The van der Waals surface area contributed by atoms with Crippen LogP contribution in [0.5, 0.6) is 0 Å². The van der Waals surface area contributed by atoms with Crippen molar-refractivity contribution in [3.05, 3.63) is 34.9 Å². The van der Waals surface area contributed by atoms with Gasteiger partial charge in [-0.15, -0.1) is 0 Å². The summed E-state index contributed by atoms with van der Waals surface area (Å²) >= 11 is 0. The number of aryl methyl sites for hydroxylation is 1. The van der Waals surface area contributed by atoms with Crippen LogP contribution < -0.4 is 0 Å². The van der Waals surface area contributed by atoms with Gasteiger partial charge in [0.1, 0.15) is 0 Å². The molecule has 0 aliphatic carbocycles. The fourth-order valence-corrected chi connectivity index (χ4v) is 2.27. The van der Waals surface area contributed by atoms with Crippen molar-refractivity contribution in [3.63, 3.8) is 0 Å². The molecule has 0 aromatic heterocycles. The zero-order valence-corrected chi connectivity index (χ0v) is 11.0. The van der Waals surface area contributed by atoms with Crippen LogP contribution in [0.2, 0.25) is 0 Å². The number of aromatic carboxylic acids is 1. The summed E-state index contributed by atoms with van der Waals surface area (Å²) in [5.74, 6) is -0.831. The molecule has 0 radical (unpaired) electrons. The van der Waals surface area contributed by atoms with Crippen molar-refractivity contribution in [1.29, 1.82) is 0 Å². The van der Waals surface area contributed by atoms with Crippen LogP contribution in [0.3, 0.4) is 0 Å². The first-order chi connectivity index (χ1) is 8.56. The first kappa shape index (κ1) is 13.1.